The molecular weight excluding hydrogens is 398 g/mol. The van der Waals surface area contributed by atoms with Gasteiger partial charge in [0, 0.05) is 42.6 Å². The van der Waals surface area contributed by atoms with Crippen molar-refractivity contribution in [2.24, 2.45) is 0 Å². The van der Waals surface area contributed by atoms with E-state index in [-0.39, 0.29) is 18.1 Å². The smallest absolute Gasteiger partial charge is 0.241 e. The number of hydrogen-bond acceptors (Lipinski definition) is 4. The molecule has 1 amide bonds. The third kappa shape index (κ3) is 5.15. The molecule has 0 radical (unpaired) electrons. The highest BCUT2D eigenvalue weighted by molar-refractivity contribution is 6.30. The summed E-state index contributed by atoms with van der Waals surface area (Å²) in [4.78, 5) is 17.5. The van der Waals surface area contributed by atoms with Gasteiger partial charge in [0.05, 0.1) is 18.8 Å². The van der Waals surface area contributed by atoms with Crippen LogP contribution in [0.25, 0.3) is 0 Å². The van der Waals surface area contributed by atoms with Crippen LogP contribution in [-0.4, -0.2) is 49.6 Å². The van der Waals surface area contributed by atoms with E-state index < -0.39 is 0 Å². The van der Waals surface area contributed by atoms with Gasteiger partial charge in [-0.25, -0.2) is 0 Å². The summed E-state index contributed by atoms with van der Waals surface area (Å²) in [6.45, 7) is 6.23. The summed E-state index contributed by atoms with van der Waals surface area (Å²) in [7, 11) is 0. The van der Waals surface area contributed by atoms with E-state index in [1.54, 1.807) is 0 Å². The Kier molecular flexibility index (Phi) is 6.93. The summed E-state index contributed by atoms with van der Waals surface area (Å²) in [5.41, 5.74) is 3.17. The molecule has 2 atom stereocenters. The highest BCUT2D eigenvalue weighted by Gasteiger charge is 2.28. The first-order valence-electron chi connectivity index (χ1n) is 10.9. The van der Waals surface area contributed by atoms with Gasteiger partial charge in [-0.3, -0.25) is 9.69 Å². The number of ether oxygens (including phenoxy) is 1. The van der Waals surface area contributed by atoms with Crippen LogP contribution in [0.3, 0.4) is 0 Å². The zero-order chi connectivity index (χ0) is 20.9. The number of anilines is 2. The number of halogens is 1. The van der Waals surface area contributed by atoms with Gasteiger partial charge >= 0.3 is 0 Å². The summed E-state index contributed by atoms with van der Waals surface area (Å²) in [6, 6.07) is 15.7. The number of benzene rings is 2. The van der Waals surface area contributed by atoms with E-state index in [2.05, 4.69) is 27.2 Å². The van der Waals surface area contributed by atoms with Crippen LogP contribution >= 0.6 is 11.6 Å². The van der Waals surface area contributed by atoms with Gasteiger partial charge in [0.25, 0.3) is 0 Å². The van der Waals surface area contributed by atoms with Gasteiger partial charge in [-0.05, 0) is 68.1 Å². The topological polar surface area (TPSA) is 44.8 Å². The third-order valence-corrected chi connectivity index (χ3v) is 6.37. The minimum atomic E-state index is -0.231. The SMILES string of the molecule is CC(C(=O)Nc1ccc(N2CCCCC2)cc1)N1CCOC(c2ccc(Cl)cc2)C1. The maximum atomic E-state index is 12.9. The Morgan fingerprint density at radius 3 is 2.43 bits per heavy atom. The van der Waals surface area contributed by atoms with Crippen LogP contribution in [0.2, 0.25) is 5.02 Å². The van der Waals surface area contributed by atoms with Crippen molar-refractivity contribution in [3.8, 4) is 0 Å². The van der Waals surface area contributed by atoms with E-state index in [0.717, 1.165) is 30.9 Å². The van der Waals surface area contributed by atoms with Crippen molar-refractivity contribution in [1.82, 2.24) is 4.90 Å². The molecular formula is C24H30ClN3O2. The van der Waals surface area contributed by atoms with E-state index in [0.29, 0.717) is 18.2 Å². The van der Waals surface area contributed by atoms with Gasteiger partial charge in [0.1, 0.15) is 0 Å². The fourth-order valence-electron chi connectivity index (χ4n) is 4.22. The summed E-state index contributed by atoms with van der Waals surface area (Å²) in [6.07, 6.45) is 3.79. The summed E-state index contributed by atoms with van der Waals surface area (Å²) in [5, 5.41) is 3.79. The number of rotatable bonds is 5. The van der Waals surface area contributed by atoms with Crippen molar-refractivity contribution in [1.29, 1.82) is 0 Å². The number of hydrogen-bond donors (Lipinski definition) is 1. The first-order chi connectivity index (χ1) is 14.6. The predicted octanol–water partition coefficient (Wildman–Crippen LogP) is 4.73. The van der Waals surface area contributed by atoms with Gasteiger partial charge in [0.15, 0.2) is 0 Å². The third-order valence-electron chi connectivity index (χ3n) is 6.12. The lowest BCUT2D eigenvalue weighted by atomic mass is 10.1. The Balaban J connectivity index is 1.34. The second-order valence-corrected chi connectivity index (χ2v) is 8.60. The molecule has 2 heterocycles. The second kappa shape index (κ2) is 9.82. The van der Waals surface area contributed by atoms with Crippen LogP contribution in [-0.2, 0) is 9.53 Å². The predicted molar refractivity (Wildman–Crippen MR) is 122 cm³/mol. The van der Waals surface area contributed by atoms with E-state index >= 15 is 0 Å². The normalized spacial score (nSPS) is 21.3. The van der Waals surface area contributed by atoms with Crippen LogP contribution < -0.4 is 10.2 Å². The number of piperidine rings is 1. The van der Waals surface area contributed by atoms with Crippen molar-refractivity contribution in [3.63, 3.8) is 0 Å². The minimum absolute atomic E-state index is 0.0116. The maximum absolute atomic E-state index is 12.9. The van der Waals surface area contributed by atoms with Crippen molar-refractivity contribution < 1.29 is 9.53 Å². The molecule has 2 aromatic rings. The highest BCUT2D eigenvalue weighted by Crippen LogP contribution is 2.26. The number of nitrogens with zero attached hydrogens (tertiary/aromatic N) is 2. The Morgan fingerprint density at radius 1 is 1.03 bits per heavy atom. The van der Waals surface area contributed by atoms with Gasteiger partial charge in [-0.2, -0.15) is 0 Å². The van der Waals surface area contributed by atoms with Gasteiger partial charge in [0.2, 0.25) is 5.91 Å². The maximum Gasteiger partial charge on any atom is 0.241 e. The molecule has 2 saturated heterocycles. The molecule has 6 heteroatoms. The molecule has 1 N–H and O–H groups in total. The number of carbonyl (C=O) groups is 1. The molecule has 0 spiro atoms. The standard InChI is InChI=1S/C24H30ClN3O2/c1-18(28-15-16-30-23(17-28)19-5-7-20(25)8-6-19)24(29)26-21-9-11-22(12-10-21)27-13-3-2-4-14-27/h5-12,18,23H,2-4,13-17H2,1H3,(H,26,29). The Morgan fingerprint density at radius 2 is 1.73 bits per heavy atom. The van der Waals surface area contributed by atoms with E-state index in [9.17, 15) is 4.79 Å². The van der Waals surface area contributed by atoms with Crippen LogP contribution in [0.5, 0.6) is 0 Å². The van der Waals surface area contributed by atoms with Crippen molar-refractivity contribution in [2.75, 3.05) is 43.0 Å². The lowest BCUT2D eigenvalue weighted by molar-refractivity contribution is -0.124. The largest absolute Gasteiger partial charge is 0.372 e. The molecule has 0 aliphatic carbocycles. The van der Waals surface area contributed by atoms with Crippen molar-refractivity contribution in [2.45, 2.75) is 38.3 Å². The van der Waals surface area contributed by atoms with E-state index in [1.807, 2.05) is 43.3 Å². The average molecular weight is 428 g/mol. The van der Waals surface area contributed by atoms with Crippen molar-refractivity contribution >= 4 is 28.9 Å². The average Bonchev–Trinajstić information content (AvgIpc) is 2.80. The molecule has 30 heavy (non-hydrogen) atoms. The van der Waals surface area contributed by atoms with Gasteiger partial charge in [-0.1, -0.05) is 23.7 Å². The first-order valence-corrected chi connectivity index (χ1v) is 11.2. The zero-order valence-electron chi connectivity index (χ0n) is 17.5. The number of carbonyl (C=O) groups excluding carboxylic acids is 1. The molecule has 4 rings (SSSR count). The fraction of sp³-hybridized carbons (Fsp3) is 0.458. The summed E-state index contributed by atoms with van der Waals surface area (Å²) >= 11 is 6.00. The van der Waals surface area contributed by atoms with Gasteiger partial charge in [-0.15, -0.1) is 0 Å². The van der Waals surface area contributed by atoms with Crippen molar-refractivity contribution in [3.05, 3.63) is 59.1 Å². The second-order valence-electron chi connectivity index (χ2n) is 8.17. The first kappa shape index (κ1) is 21.2. The summed E-state index contributed by atoms with van der Waals surface area (Å²) in [5.74, 6) is 0.0116. The Hall–Kier alpha value is -2.08. The van der Waals surface area contributed by atoms with E-state index in [4.69, 9.17) is 16.3 Å². The van der Waals surface area contributed by atoms with E-state index in [1.165, 1.54) is 24.9 Å². The fourth-order valence-corrected chi connectivity index (χ4v) is 4.35. The highest BCUT2D eigenvalue weighted by atomic mass is 35.5. The van der Waals surface area contributed by atoms with Crippen LogP contribution in [0, 0.1) is 0 Å². The zero-order valence-corrected chi connectivity index (χ0v) is 18.3. The molecule has 2 aliphatic heterocycles. The molecule has 0 bridgehead atoms. The molecule has 2 fully saturated rings. The number of nitrogens with one attached hydrogen (secondary N) is 1. The Bertz CT molecular complexity index is 835. The summed E-state index contributed by atoms with van der Waals surface area (Å²) < 4.78 is 5.93. The lowest BCUT2D eigenvalue weighted by Gasteiger charge is -2.36. The molecule has 0 saturated carbocycles. The molecule has 5 nitrogen and oxygen atoms in total. The monoisotopic (exact) mass is 427 g/mol. The van der Waals surface area contributed by atoms with Crippen LogP contribution in [0.4, 0.5) is 11.4 Å². The molecule has 160 valence electrons. The molecule has 2 unspecified atom stereocenters. The van der Waals surface area contributed by atoms with Crippen LogP contribution in [0.15, 0.2) is 48.5 Å². The lowest BCUT2D eigenvalue weighted by Crippen LogP contribution is -2.48. The number of amides is 1. The quantitative estimate of drug-likeness (QED) is 0.749. The Labute approximate surface area is 184 Å². The number of morpholine rings is 1. The minimum Gasteiger partial charge on any atom is -0.372 e. The molecule has 0 aromatic heterocycles. The van der Waals surface area contributed by atoms with Crippen LogP contribution in [0.1, 0.15) is 37.9 Å². The van der Waals surface area contributed by atoms with Gasteiger partial charge < -0.3 is 15.0 Å². The molecule has 2 aromatic carbocycles. The molecule has 2 aliphatic rings.